The second-order valence-corrected chi connectivity index (χ2v) is 15.9. The molecule has 2 aliphatic heterocycles. The van der Waals surface area contributed by atoms with Gasteiger partial charge in [-0.1, -0.05) is 31.9 Å². The van der Waals surface area contributed by atoms with E-state index < -0.39 is 10.0 Å². The molecule has 198 valence electrons. The van der Waals surface area contributed by atoms with Crippen LogP contribution in [0.5, 0.6) is 0 Å². The molecule has 3 saturated carbocycles. The molecule has 5 fully saturated rings. The van der Waals surface area contributed by atoms with Crippen molar-refractivity contribution < 1.29 is 18.5 Å². The van der Waals surface area contributed by atoms with Crippen LogP contribution in [0.1, 0.15) is 91.9 Å². The highest BCUT2D eigenvalue weighted by molar-refractivity contribution is 7.88. The van der Waals surface area contributed by atoms with Gasteiger partial charge in [0.2, 0.25) is 10.0 Å². The molecule has 0 aromatic heterocycles. The zero-order valence-electron chi connectivity index (χ0n) is 22.7. The van der Waals surface area contributed by atoms with Gasteiger partial charge in [0.1, 0.15) is 12.1 Å². The Balaban J connectivity index is 1.22. The van der Waals surface area contributed by atoms with Gasteiger partial charge in [0.05, 0.1) is 18.4 Å². The van der Waals surface area contributed by atoms with Crippen molar-refractivity contribution >= 4 is 10.0 Å². The third-order valence-corrected chi connectivity index (χ3v) is 13.0. The van der Waals surface area contributed by atoms with Gasteiger partial charge < -0.3 is 10.1 Å². The number of nitrogens with one attached hydrogen (secondary N) is 1. The molecule has 0 radical (unpaired) electrons. The number of quaternary nitrogens is 1. The van der Waals surface area contributed by atoms with Crippen molar-refractivity contribution in [3.8, 4) is 0 Å². The predicted octanol–water partition coefficient (Wildman–Crippen LogP) is 4.00. The van der Waals surface area contributed by atoms with Gasteiger partial charge in [-0.25, -0.2) is 13.1 Å². The lowest BCUT2D eigenvalue weighted by Gasteiger charge is -2.54. The molecule has 3 N–H and O–H groups in total. The van der Waals surface area contributed by atoms with Crippen LogP contribution >= 0.6 is 0 Å². The smallest absolute Gasteiger partial charge is 0.208 e. The quantitative estimate of drug-likeness (QED) is 0.557. The van der Waals surface area contributed by atoms with Crippen LogP contribution in [-0.2, 0) is 14.8 Å². The van der Waals surface area contributed by atoms with Gasteiger partial charge in [-0.2, -0.15) is 0 Å². The third kappa shape index (κ3) is 4.08. The summed E-state index contributed by atoms with van der Waals surface area (Å²) in [7, 11) is -3.13. The molecular formula is C29H49N2O3S+. The van der Waals surface area contributed by atoms with Crippen molar-refractivity contribution in [2.75, 3.05) is 12.8 Å². The topological polar surface area (TPSA) is 72.0 Å². The van der Waals surface area contributed by atoms with Crippen LogP contribution < -0.4 is 10.0 Å². The fourth-order valence-electron chi connectivity index (χ4n) is 10.4. The van der Waals surface area contributed by atoms with Crippen LogP contribution in [0.25, 0.3) is 0 Å². The summed E-state index contributed by atoms with van der Waals surface area (Å²) in [6, 6.07) is 0.788. The van der Waals surface area contributed by atoms with Gasteiger partial charge in [0.25, 0.3) is 0 Å². The molecule has 1 spiro atoms. The maximum Gasteiger partial charge on any atom is 0.208 e. The zero-order valence-corrected chi connectivity index (χ0v) is 23.5. The highest BCUT2D eigenvalue weighted by Gasteiger charge is 2.60. The first-order valence-corrected chi connectivity index (χ1v) is 16.6. The second kappa shape index (κ2) is 8.54. The molecule has 0 aromatic rings. The number of allylic oxidation sites excluding steroid dienone is 1. The summed E-state index contributed by atoms with van der Waals surface area (Å²) in [5.74, 6) is 4.42. The van der Waals surface area contributed by atoms with E-state index in [9.17, 15) is 8.42 Å². The van der Waals surface area contributed by atoms with Crippen LogP contribution in [0, 0.1) is 40.9 Å². The molecule has 0 bridgehead atoms. The SMILES string of the molecule is CC1=C2CC3C(CCC4CC(NS(C)(=O)=O)CCC43C)C2CCC2(C1)OC1CC(C)C[NH2+]C1C2C. The Labute approximate surface area is 213 Å². The summed E-state index contributed by atoms with van der Waals surface area (Å²) in [5, 5.41) is 2.61. The molecule has 6 aliphatic rings. The molecule has 6 rings (SSSR count). The molecule has 11 atom stereocenters. The summed E-state index contributed by atoms with van der Waals surface area (Å²) >= 11 is 0. The molecule has 35 heavy (non-hydrogen) atoms. The van der Waals surface area contributed by atoms with Crippen molar-refractivity contribution in [1.82, 2.24) is 4.72 Å². The maximum atomic E-state index is 11.9. The first-order valence-electron chi connectivity index (χ1n) is 14.7. The molecule has 0 aromatic carbocycles. The highest BCUT2D eigenvalue weighted by atomic mass is 32.2. The van der Waals surface area contributed by atoms with E-state index in [1.165, 1.54) is 57.7 Å². The largest absolute Gasteiger partial charge is 0.365 e. The van der Waals surface area contributed by atoms with E-state index in [1.54, 1.807) is 11.1 Å². The zero-order chi connectivity index (χ0) is 24.8. The number of hydrogen-bond donors (Lipinski definition) is 2. The highest BCUT2D eigenvalue weighted by Crippen LogP contribution is 2.65. The number of ether oxygens (including phenoxy) is 1. The van der Waals surface area contributed by atoms with Crippen LogP contribution in [-0.4, -0.2) is 45.0 Å². The van der Waals surface area contributed by atoms with Crippen LogP contribution in [0.15, 0.2) is 11.1 Å². The summed E-state index contributed by atoms with van der Waals surface area (Å²) in [6.45, 7) is 11.2. The molecule has 0 amide bonds. The third-order valence-electron chi connectivity index (χ3n) is 12.2. The Morgan fingerprint density at radius 3 is 2.66 bits per heavy atom. The number of piperidine rings is 1. The predicted molar refractivity (Wildman–Crippen MR) is 139 cm³/mol. The molecule has 6 heteroatoms. The van der Waals surface area contributed by atoms with Crippen molar-refractivity contribution in [3.63, 3.8) is 0 Å². The first kappa shape index (κ1) is 24.9. The van der Waals surface area contributed by atoms with Gasteiger partial charge in [0, 0.05) is 17.9 Å². The maximum absolute atomic E-state index is 11.9. The number of nitrogens with two attached hydrogens (primary N) is 1. The monoisotopic (exact) mass is 505 g/mol. The van der Waals surface area contributed by atoms with Crippen LogP contribution in [0.4, 0.5) is 0 Å². The van der Waals surface area contributed by atoms with Gasteiger partial charge in [-0.05, 0) is 100 Å². The number of fused-ring (bicyclic) bond motifs is 6. The minimum absolute atomic E-state index is 0.0588. The average molecular weight is 506 g/mol. The van der Waals surface area contributed by atoms with E-state index in [-0.39, 0.29) is 11.6 Å². The van der Waals surface area contributed by atoms with Gasteiger partial charge >= 0.3 is 0 Å². The van der Waals surface area contributed by atoms with E-state index >= 15 is 0 Å². The summed E-state index contributed by atoms with van der Waals surface area (Å²) in [4.78, 5) is 0. The minimum Gasteiger partial charge on any atom is -0.365 e. The first-order chi connectivity index (χ1) is 16.5. The Morgan fingerprint density at radius 1 is 1.09 bits per heavy atom. The van der Waals surface area contributed by atoms with Crippen molar-refractivity contribution in [2.24, 2.45) is 40.9 Å². The lowest BCUT2D eigenvalue weighted by Crippen LogP contribution is -2.96. The second-order valence-electron chi connectivity index (χ2n) is 14.1. The van der Waals surface area contributed by atoms with Crippen molar-refractivity contribution in [3.05, 3.63) is 11.1 Å². The van der Waals surface area contributed by atoms with Gasteiger partial charge in [-0.3, -0.25) is 0 Å². The average Bonchev–Trinajstić information content (AvgIpc) is 3.23. The van der Waals surface area contributed by atoms with Gasteiger partial charge in [-0.15, -0.1) is 0 Å². The molecular weight excluding hydrogens is 456 g/mol. The normalized spacial score (nSPS) is 52.0. The number of rotatable bonds is 2. The Bertz CT molecular complexity index is 994. The Kier molecular flexibility index (Phi) is 6.07. The fourth-order valence-corrected chi connectivity index (χ4v) is 11.2. The summed E-state index contributed by atoms with van der Waals surface area (Å²) in [6.07, 6.45) is 13.8. The molecule has 5 nitrogen and oxygen atoms in total. The number of sulfonamides is 1. The Hall–Kier alpha value is -0.430. The summed E-state index contributed by atoms with van der Waals surface area (Å²) in [5.41, 5.74) is 3.89. The molecule has 4 aliphatic carbocycles. The van der Waals surface area contributed by atoms with Gasteiger partial charge in [0.15, 0.2) is 0 Å². The fraction of sp³-hybridized carbons (Fsp3) is 0.931. The molecule has 2 heterocycles. The summed E-state index contributed by atoms with van der Waals surface area (Å²) < 4.78 is 33.7. The molecule has 2 saturated heterocycles. The number of hydrogen-bond acceptors (Lipinski definition) is 3. The van der Waals surface area contributed by atoms with E-state index in [4.69, 9.17) is 4.74 Å². The van der Waals surface area contributed by atoms with E-state index in [1.807, 2.05) is 0 Å². The van der Waals surface area contributed by atoms with Crippen LogP contribution in [0.2, 0.25) is 0 Å². The van der Waals surface area contributed by atoms with Crippen molar-refractivity contribution in [2.45, 2.75) is 116 Å². The van der Waals surface area contributed by atoms with Crippen molar-refractivity contribution in [1.29, 1.82) is 0 Å². The lowest BCUT2D eigenvalue weighted by atomic mass is 9.52. The molecule has 11 unspecified atom stereocenters. The van der Waals surface area contributed by atoms with E-state index in [2.05, 4.69) is 37.7 Å². The lowest BCUT2D eigenvalue weighted by molar-refractivity contribution is -0.710. The Morgan fingerprint density at radius 2 is 1.89 bits per heavy atom. The minimum atomic E-state index is -3.13. The van der Waals surface area contributed by atoms with E-state index in [0.29, 0.717) is 29.4 Å². The van der Waals surface area contributed by atoms with E-state index in [0.717, 1.165) is 42.9 Å². The van der Waals surface area contributed by atoms with Crippen LogP contribution in [0.3, 0.4) is 0 Å². The standard InChI is InChI=1S/C29H48N2O3S/c1-17-12-26-27(30-16-17)19(3)29(34-26)11-9-22-23-7-6-20-13-21(31-35(5,32)33)8-10-28(20,4)25(23)14-24(22)18(2)15-29/h17,19-23,25-27,30-31H,6-16H2,1-5H3/p+1.